The van der Waals surface area contributed by atoms with Crippen molar-refractivity contribution in [3.8, 4) is 6.01 Å². The van der Waals surface area contributed by atoms with Crippen molar-refractivity contribution >= 4 is 5.84 Å². The van der Waals surface area contributed by atoms with Gasteiger partial charge in [0.25, 0.3) is 0 Å². The van der Waals surface area contributed by atoms with Crippen LogP contribution in [0.25, 0.3) is 0 Å². The molecular formula is C13H20N4O2. The van der Waals surface area contributed by atoms with Crippen molar-refractivity contribution in [1.82, 2.24) is 9.97 Å². The zero-order chi connectivity index (χ0) is 13.7. The van der Waals surface area contributed by atoms with Crippen molar-refractivity contribution in [3.05, 3.63) is 18.0 Å². The summed E-state index contributed by atoms with van der Waals surface area (Å²) in [5, 5.41) is 11.6. The van der Waals surface area contributed by atoms with Crippen LogP contribution >= 0.6 is 0 Å². The lowest BCUT2D eigenvalue weighted by Crippen LogP contribution is -2.30. The highest BCUT2D eigenvalue weighted by Crippen LogP contribution is 2.29. The molecule has 2 atom stereocenters. The van der Waals surface area contributed by atoms with Crippen molar-refractivity contribution in [1.29, 1.82) is 0 Å². The Balaban J connectivity index is 2.09. The molecule has 1 heterocycles. The van der Waals surface area contributed by atoms with E-state index in [1.165, 1.54) is 19.3 Å². The van der Waals surface area contributed by atoms with Gasteiger partial charge in [0.2, 0.25) is 0 Å². The van der Waals surface area contributed by atoms with Gasteiger partial charge >= 0.3 is 6.01 Å². The first-order valence-corrected chi connectivity index (χ1v) is 6.72. The Bertz CT molecular complexity index is 450. The molecule has 1 saturated carbocycles. The molecule has 1 fully saturated rings. The van der Waals surface area contributed by atoms with E-state index < -0.39 is 0 Å². The molecule has 1 aromatic heterocycles. The average Bonchev–Trinajstić information content (AvgIpc) is 2.47. The van der Waals surface area contributed by atoms with Gasteiger partial charge in [-0.05, 0) is 37.7 Å². The first-order valence-electron chi connectivity index (χ1n) is 6.72. The van der Waals surface area contributed by atoms with Crippen LogP contribution in [0.3, 0.4) is 0 Å². The lowest BCUT2D eigenvalue weighted by Gasteiger charge is -2.30. The molecular weight excluding hydrogens is 244 g/mol. The molecule has 2 unspecified atom stereocenters. The van der Waals surface area contributed by atoms with Gasteiger partial charge in [-0.15, -0.1) is 0 Å². The van der Waals surface area contributed by atoms with Crippen molar-refractivity contribution in [3.63, 3.8) is 0 Å². The summed E-state index contributed by atoms with van der Waals surface area (Å²) in [6.07, 6.45) is 7.51. The predicted molar refractivity (Wildman–Crippen MR) is 71.2 cm³/mol. The molecule has 0 aromatic carbocycles. The van der Waals surface area contributed by atoms with Gasteiger partial charge in [0.15, 0.2) is 5.84 Å². The number of nitrogens with zero attached hydrogens (tertiary/aromatic N) is 3. The summed E-state index contributed by atoms with van der Waals surface area (Å²) < 4.78 is 5.88. The molecule has 0 spiro atoms. The SMILES string of the molecule is CCC1CCCCC1Oc1nccc(/C(N)=N/O)n1. The molecule has 1 aliphatic rings. The Hall–Kier alpha value is -1.85. The van der Waals surface area contributed by atoms with E-state index in [-0.39, 0.29) is 11.9 Å². The summed E-state index contributed by atoms with van der Waals surface area (Å²) in [5.41, 5.74) is 5.88. The minimum absolute atomic E-state index is 0.0389. The Morgan fingerprint density at radius 2 is 2.32 bits per heavy atom. The number of amidine groups is 1. The molecule has 3 N–H and O–H groups in total. The molecule has 104 valence electrons. The largest absolute Gasteiger partial charge is 0.460 e. The summed E-state index contributed by atoms with van der Waals surface area (Å²) >= 11 is 0. The van der Waals surface area contributed by atoms with Crippen molar-refractivity contribution in [2.24, 2.45) is 16.8 Å². The number of ether oxygens (including phenoxy) is 1. The smallest absolute Gasteiger partial charge is 0.317 e. The van der Waals surface area contributed by atoms with Crippen molar-refractivity contribution in [2.75, 3.05) is 0 Å². The van der Waals surface area contributed by atoms with Crippen LogP contribution in [-0.2, 0) is 0 Å². The number of hydrogen-bond donors (Lipinski definition) is 2. The number of rotatable bonds is 4. The van der Waals surface area contributed by atoms with Gasteiger partial charge in [-0.2, -0.15) is 4.98 Å². The van der Waals surface area contributed by atoms with E-state index in [0.717, 1.165) is 12.8 Å². The fraction of sp³-hybridized carbons (Fsp3) is 0.615. The second-order valence-electron chi connectivity index (χ2n) is 4.82. The van der Waals surface area contributed by atoms with Crippen LogP contribution in [-0.4, -0.2) is 27.1 Å². The van der Waals surface area contributed by atoms with E-state index in [0.29, 0.717) is 17.6 Å². The van der Waals surface area contributed by atoms with Crippen LogP contribution in [0, 0.1) is 5.92 Å². The molecule has 1 aliphatic carbocycles. The molecule has 6 nitrogen and oxygen atoms in total. The summed E-state index contributed by atoms with van der Waals surface area (Å²) in [6.45, 7) is 2.18. The van der Waals surface area contributed by atoms with Crippen LogP contribution in [0.5, 0.6) is 6.01 Å². The second-order valence-corrected chi connectivity index (χ2v) is 4.82. The predicted octanol–water partition coefficient (Wildman–Crippen LogP) is 1.92. The third-order valence-corrected chi connectivity index (χ3v) is 3.62. The average molecular weight is 264 g/mol. The van der Waals surface area contributed by atoms with E-state index in [2.05, 4.69) is 22.0 Å². The molecule has 1 aromatic rings. The maximum absolute atomic E-state index is 8.64. The molecule has 0 amide bonds. The van der Waals surface area contributed by atoms with Gasteiger partial charge in [0.05, 0.1) is 0 Å². The van der Waals surface area contributed by atoms with Gasteiger partial charge in [0, 0.05) is 6.20 Å². The molecule has 0 bridgehead atoms. The van der Waals surface area contributed by atoms with Crippen LogP contribution < -0.4 is 10.5 Å². The summed E-state index contributed by atoms with van der Waals surface area (Å²) in [6, 6.07) is 1.88. The third kappa shape index (κ3) is 3.33. The van der Waals surface area contributed by atoms with Crippen LogP contribution in [0.4, 0.5) is 0 Å². The topological polar surface area (TPSA) is 93.6 Å². The Morgan fingerprint density at radius 3 is 3.05 bits per heavy atom. The molecule has 0 radical (unpaired) electrons. The lowest BCUT2D eigenvalue weighted by atomic mass is 9.85. The highest BCUT2D eigenvalue weighted by Gasteiger charge is 2.26. The third-order valence-electron chi connectivity index (χ3n) is 3.62. The van der Waals surface area contributed by atoms with E-state index in [1.54, 1.807) is 12.3 Å². The normalized spacial score (nSPS) is 24.2. The second kappa shape index (κ2) is 6.36. The van der Waals surface area contributed by atoms with Gasteiger partial charge in [-0.1, -0.05) is 18.5 Å². The Kier molecular flexibility index (Phi) is 4.54. The zero-order valence-electron chi connectivity index (χ0n) is 11.1. The van der Waals surface area contributed by atoms with E-state index in [1.807, 2.05) is 0 Å². The summed E-state index contributed by atoms with van der Waals surface area (Å²) in [5.74, 6) is 0.521. The lowest BCUT2D eigenvalue weighted by molar-refractivity contribution is 0.0808. The maximum Gasteiger partial charge on any atom is 0.317 e. The standard InChI is InChI=1S/C13H20N4O2/c1-2-9-5-3-4-6-11(9)19-13-15-8-7-10(16-13)12(14)17-18/h7-9,11,18H,2-6H2,1H3,(H2,14,17). The molecule has 19 heavy (non-hydrogen) atoms. The molecule has 0 saturated heterocycles. The number of oxime groups is 1. The van der Waals surface area contributed by atoms with Gasteiger partial charge in [0.1, 0.15) is 11.8 Å². The number of aromatic nitrogens is 2. The first-order chi connectivity index (χ1) is 9.24. The Labute approximate surface area is 112 Å². The fourth-order valence-electron chi connectivity index (χ4n) is 2.52. The highest BCUT2D eigenvalue weighted by atomic mass is 16.5. The molecule has 0 aliphatic heterocycles. The van der Waals surface area contributed by atoms with Crippen LogP contribution in [0.2, 0.25) is 0 Å². The van der Waals surface area contributed by atoms with Crippen molar-refractivity contribution in [2.45, 2.75) is 45.1 Å². The Morgan fingerprint density at radius 1 is 1.53 bits per heavy atom. The van der Waals surface area contributed by atoms with Crippen LogP contribution in [0.1, 0.15) is 44.7 Å². The summed E-state index contributed by atoms with van der Waals surface area (Å²) in [4.78, 5) is 8.25. The van der Waals surface area contributed by atoms with E-state index in [9.17, 15) is 0 Å². The monoisotopic (exact) mass is 264 g/mol. The van der Waals surface area contributed by atoms with Crippen molar-refractivity contribution < 1.29 is 9.94 Å². The van der Waals surface area contributed by atoms with Gasteiger partial charge < -0.3 is 15.7 Å². The minimum Gasteiger partial charge on any atom is -0.460 e. The quantitative estimate of drug-likeness (QED) is 0.375. The minimum atomic E-state index is -0.0389. The van der Waals surface area contributed by atoms with Gasteiger partial charge in [-0.3, -0.25) is 0 Å². The van der Waals surface area contributed by atoms with Crippen LogP contribution in [0.15, 0.2) is 17.4 Å². The maximum atomic E-state index is 8.64. The summed E-state index contributed by atoms with van der Waals surface area (Å²) in [7, 11) is 0. The van der Waals surface area contributed by atoms with E-state index in [4.69, 9.17) is 15.7 Å². The highest BCUT2D eigenvalue weighted by molar-refractivity contribution is 5.95. The van der Waals surface area contributed by atoms with E-state index >= 15 is 0 Å². The molecule has 6 heteroatoms. The number of hydrogen-bond acceptors (Lipinski definition) is 5. The number of nitrogens with two attached hydrogens (primary N) is 1. The molecule has 2 rings (SSSR count). The first kappa shape index (κ1) is 13.6. The van der Waals surface area contributed by atoms with Gasteiger partial charge in [-0.25, -0.2) is 4.98 Å². The zero-order valence-corrected chi connectivity index (χ0v) is 11.1. The fourth-order valence-corrected chi connectivity index (χ4v) is 2.52.